The maximum Gasteiger partial charge on any atom is 0.191 e. The SMILES string of the molecule is CCN=C(NC1CCCC(SC)C1)NC1C2CCOC2C12CCC2. The molecule has 3 saturated carbocycles. The highest BCUT2D eigenvalue weighted by Gasteiger charge is 2.66. The van der Waals surface area contributed by atoms with Crippen LogP contribution in [0.3, 0.4) is 0 Å². The summed E-state index contributed by atoms with van der Waals surface area (Å²) in [4.78, 5) is 4.78. The van der Waals surface area contributed by atoms with E-state index < -0.39 is 0 Å². The summed E-state index contributed by atoms with van der Waals surface area (Å²) >= 11 is 2.03. The van der Waals surface area contributed by atoms with Gasteiger partial charge in [-0.05, 0) is 51.7 Å². The van der Waals surface area contributed by atoms with E-state index in [4.69, 9.17) is 9.73 Å². The molecule has 0 amide bonds. The first kappa shape index (κ1) is 17.0. The average Bonchev–Trinajstić information content (AvgIpc) is 2.96. The van der Waals surface area contributed by atoms with E-state index in [2.05, 4.69) is 23.8 Å². The molecule has 5 heteroatoms. The highest BCUT2D eigenvalue weighted by atomic mass is 32.2. The molecule has 0 aromatic heterocycles. The summed E-state index contributed by atoms with van der Waals surface area (Å²) in [5.74, 6) is 1.77. The molecule has 1 saturated heterocycles. The van der Waals surface area contributed by atoms with Gasteiger partial charge in [0.05, 0.1) is 6.10 Å². The predicted octanol–water partition coefficient (Wildman–Crippen LogP) is 3.17. The summed E-state index contributed by atoms with van der Waals surface area (Å²) in [6.07, 6.45) is 13.3. The van der Waals surface area contributed by atoms with Crippen LogP contribution in [-0.2, 0) is 4.74 Å². The van der Waals surface area contributed by atoms with Crippen LogP contribution in [0.1, 0.15) is 58.3 Å². The van der Waals surface area contributed by atoms with Crippen molar-refractivity contribution in [2.24, 2.45) is 16.3 Å². The van der Waals surface area contributed by atoms with Crippen molar-refractivity contribution >= 4 is 17.7 Å². The first-order chi connectivity index (χ1) is 11.8. The largest absolute Gasteiger partial charge is 0.377 e. The van der Waals surface area contributed by atoms with Crippen LogP contribution in [0.4, 0.5) is 0 Å². The smallest absolute Gasteiger partial charge is 0.191 e. The maximum absolute atomic E-state index is 6.06. The van der Waals surface area contributed by atoms with E-state index in [0.29, 0.717) is 29.5 Å². The summed E-state index contributed by atoms with van der Waals surface area (Å²) in [7, 11) is 0. The Balaban J connectivity index is 1.40. The molecule has 1 aliphatic heterocycles. The molecule has 4 fully saturated rings. The van der Waals surface area contributed by atoms with Gasteiger partial charge in [0.1, 0.15) is 0 Å². The van der Waals surface area contributed by atoms with Gasteiger partial charge in [0.2, 0.25) is 0 Å². The zero-order valence-electron chi connectivity index (χ0n) is 15.2. The molecule has 4 nitrogen and oxygen atoms in total. The van der Waals surface area contributed by atoms with Crippen LogP contribution in [0.15, 0.2) is 4.99 Å². The van der Waals surface area contributed by atoms with E-state index in [1.165, 1.54) is 51.4 Å². The molecule has 5 atom stereocenters. The highest BCUT2D eigenvalue weighted by Crippen LogP contribution is 2.62. The Morgan fingerprint density at radius 1 is 1.21 bits per heavy atom. The number of rotatable bonds is 4. The second-order valence-electron chi connectivity index (χ2n) is 8.14. The van der Waals surface area contributed by atoms with Gasteiger partial charge in [-0.3, -0.25) is 4.99 Å². The number of thioether (sulfide) groups is 1. The quantitative estimate of drug-likeness (QED) is 0.603. The van der Waals surface area contributed by atoms with Gasteiger partial charge in [-0.15, -0.1) is 0 Å². The van der Waals surface area contributed by atoms with Crippen LogP contribution in [0.5, 0.6) is 0 Å². The number of fused-ring (bicyclic) bond motifs is 2. The Morgan fingerprint density at radius 2 is 2.08 bits per heavy atom. The lowest BCUT2D eigenvalue weighted by molar-refractivity contribution is -0.171. The molecule has 3 aliphatic carbocycles. The van der Waals surface area contributed by atoms with Gasteiger partial charge in [0.25, 0.3) is 0 Å². The van der Waals surface area contributed by atoms with E-state index in [1.807, 2.05) is 11.8 Å². The Hall–Kier alpha value is -0.420. The van der Waals surface area contributed by atoms with Crippen molar-refractivity contribution in [2.75, 3.05) is 19.4 Å². The molecular weight excluding hydrogens is 318 g/mol. The average molecular weight is 352 g/mol. The summed E-state index contributed by atoms with van der Waals surface area (Å²) in [5, 5.41) is 8.44. The minimum atomic E-state index is 0.422. The fourth-order valence-electron chi connectivity index (χ4n) is 5.58. The fourth-order valence-corrected chi connectivity index (χ4v) is 6.40. The van der Waals surface area contributed by atoms with Crippen molar-refractivity contribution < 1.29 is 4.74 Å². The summed E-state index contributed by atoms with van der Waals surface area (Å²) in [6.45, 7) is 3.94. The molecular formula is C19H33N3OS. The van der Waals surface area contributed by atoms with Crippen LogP contribution in [-0.4, -0.2) is 48.8 Å². The van der Waals surface area contributed by atoms with Crippen LogP contribution in [0, 0.1) is 11.3 Å². The van der Waals surface area contributed by atoms with Gasteiger partial charge < -0.3 is 15.4 Å². The van der Waals surface area contributed by atoms with Gasteiger partial charge in [0, 0.05) is 41.8 Å². The number of hydrogen-bond donors (Lipinski definition) is 2. The molecule has 0 bridgehead atoms. The zero-order valence-corrected chi connectivity index (χ0v) is 16.0. The summed E-state index contributed by atoms with van der Waals surface area (Å²) < 4.78 is 6.06. The van der Waals surface area contributed by atoms with E-state index in [1.54, 1.807) is 0 Å². The first-order valence-corrected chi connectivity index (χ1v) is 11.3. The van der Waals surface area contributed by atoms with Crippen LogP contribution in [0.25, 0.3) is 0 Å². The topological polar surface area (TPSA) is 45.7 Å². The summed E-state index contributed by atoms with van der Waals surface area (Å²) in [5.41, 5.74) is 0.422. The predicted molar refractivity (Wildman–Crippen MR) is 102 cm³/mol. The third kappa shape index (κ3) is 2.86. The standard InChI is InChI=1S/C19H33N3OS/c1-3-20-18(21-13-6-4-7-14(12-13)24-2)22-16-15-8-11-23-17(15)19(16)9-5-10-19/h13-17H,3-12H2,1-2H3,(H2,20,21,22). The second-order valence-corrected chi connectivity index (χ2v) is 9.28. The molecule has 2 N–H and O–H groups in total. The Morgan fingerprint density at radius 3 is 2.79 bits per heavy atom. The molecule has 0 aromatic rings. The lowest BCUT2D eigenvalue weighted by Crippen LogP contribution is -2.72. The molecule has 5 unspecified atom stereocenters. The number of hydrogen-bond acceptors (Lipinski definition) is 3. The Labute approximate surface area is 151 Å². The fraction of sp³-hybridized carbons (Fsp3) is 0.947. The van der Waals surface area contributed by atoms with Gasteiger partial charge in [0.15, 0.2) is 5.96 Å². The monoisotopic (exact) mass is 351 g/mol. The minimum absolute atomic E-state index is 0.422. The lowest BCUT2D eigenvalue weighted by Gasteiger charge is -2.63. The third-order valence-electron chi connectivity index (χ3n) is 6.94. The van der Waals surface area contributed by atoms with Crippen LogP contribution >= 0.6 is 11.8 Å². The molecule has 0 aromatic carbocycles. The molecule has 136 valence electrons. The van der Waals surface area contributed by atoms with E-state index in [-0.39, 0.29) is 0 Å². The van der Waals surface area contributed by atoms with Crippen LogP contribution in [0.2, 0.25) is 0 Å². The minimum Gasteiger partial charge on any atom is -0.377 e. The van der Waals surface area contributed by atoms with Crippen molar-refractivity contribution in [3.63, 3.8) is 0 Å². The molecule has 1 heterocycles. The third-order valence-corrected chi connectivity index (χ3v) is 8.04. The molecule has 4 aliphatic rings. The number of aliphatic imine (C=N–C) groups is 1. The normalized spacial score (nSPS) is 40.6. The number of ether oxygens (including phenoxy) is 1. The molecule has 1 spiro atoms. The van der Waals surface area contributed by atoms with Gasteiger partial charge in [-0.2, -0.15) is 11.8 Å². The highest BCUT2D eigenvalue weighted by molar-refractivity contribution is 7.99. The van der Waals surface area contributed by atoms with Crippen LogP contribution < -0.4 is 10.6 Å². The second kappa shape index (κ2) is 7.06. The number of nitrogens with one attached hydrogen (secondary N) is 2. The maximum atomic E-state index is 6.06. The van der Waals surface area contributed by atoms with Crippen molar-refractivity contribution in [3.8, 4) is 0 Å². The van der Waals surface area contributed by atoms with Crippen molar-refractivity contribution in [3.05, 3.63) is 0 Å². The molecule has 0 radical (unpaired) electrons. The Bertz CT molecular complexity index is 479. The first-order valence-electron chi connectivity index (χ1n) is 9.98. The van der Waals surface area contributed by atoms with Crippen molar-refractivity contribution in [1.29, 1.82) is 0 Å². The summed E-state index contributed by atoms with van der Waals surface area (Å²) in [6, 6.07) is 1.17. The zero-order chi connectivity index (χ0) is 16.6. The molecule has 24 heavy (non-hydrogen) atoms. The van der Waals surface area contributed by atoms with Gasteiger partial charge in [-0.1, -0.05) is 12.8 Å². The van der Waals surface area contributed by atoms with E-state index in [9.17, 15) is 0 Å². The van der Waals surface area contributed by atoms with Crippen molar-refractivity contribution in [1.82, 2.24) is 10.6 Å². The van der Waals surface area contributed by atoms with Crippen molar-refractivity contribution in [2.45, 2.75) is 81.7 Å². The van der Waals surface area contributed by atoms with E-state index >= 15 is 0 Å². The number of nitrogens with zero attached hydrogens (tertiary/aromatic N) is 1. The van der Waals surface area contributed by atoms with Gasteiger partial charge in [-0.25, -0.2) is 0 Å². The van der Waals surface area contributed by atoms with E-state index in [0.717, 1.165) is 24.4 Å². The Kier molecular flexibility index (Phi) is 5.01. The number of guanidine groups is 1. The lowest BCUT2D eigenvalue weighted by atomic mass is 9.46. The van der Waals surface area contributed by atoms with Gasteiger partial charge >= 0.3 is 0 Å². The molecule has 4 rings (SSSR count).